The third-order valence-corrected chi connectivity index (χ3v) is 6.33. The number of hydrogen-bond donors (Lipinski definition) is 4. The molecule has 8 nitrogen and oxygen atoms in total. The summed E-state index contributed by atoms with van der Waals surface area (Å²) in [6, 6.07) is 8.48. The van der Waals surface area contributed by atoms with E-state index in [4.69, 9.17) is 4.74 Å². The maximum absolute atomic E-state index is 12.8. The maximum atomic E-state index is 12.8. The van der Waals surface area contributed by atoms with E-state index in [9.17, 15) is 19.5 Å². The molecule has 4 atom stereocenters. The molecule has 198 valence electrons. The van der Waals surface area contributed by atoms with E-state index in [1.165, 1.54) is 0 Å². The average molecular weight is 510 g/mol. The van der Waals surface area contributed by atoms with Crippen LogP contribution in [-0.2, 0) is 20.1 Å². The molecule has 0 aliphatic heterocycles. The molecule has 0 aromatic heterocycles. The van der Waals surface area contributed by atoms with E-state index in [0.29, 0.717) is 12.3 Å². The first-order valence-electron chi connectivity index (χ1n) is 12.3. The number of benzene rings is 1. The second-order valence-electron chi connectivity index (χ2n) is 9.83. The minimum Gasteiger partial charge on any atom is -0.444 e. The van der Waals surface area contributed by atoms with Gasteiger partial charge in [0.05, 0.1) is 12.1 Å². The first-order valence-corrected chi connectivity index (χ1v) is 13.5. The Balaban J connectivity index is 2.76. The summed E-state index contributed by atoms with van der Waals surface area (Å²) in [4.78, 5) is 37.2. The Morgan fingerprint density at radius 3 is 2.31 bits per heavy atom. The number of carbonyl (C=O) groups excluding carboxylic acids is 3. The van der Waals surface area contributed by atoms with Gasteiger partial charge in [-0.1, -0.05) is 50.6 Å². The fourth-order valence-corrected chi connectivity index (χ4v) is 4.29. The summed E-state index contributed by atoms with van der Waals surface area (Å²) >= 11 is 1.58. The molecule has 0 saturated carbocycles. The van der Waals surface area contributed by atoms with Gasteiger partial charge in [0.25, 0.3) is 0 Å². The van der Waals surface area contributed by atoms with Crippen molar-refractivity contribution in [3.05, 3.63) is 35.9 Å². The lowest BCUT2D eigenvalue weighted by Gasteiger charge is -2.28. The topological polar surface area (TPSA) is 117 Å². The molecule has 4 N–H and O–H groups in total. The molecule has 0 saturated heterocycles. The van der Waals surface area contributed by atoms with Crippen molar-refractivity contribution in [3.63, 3.8) is 0 Å². The van der Waals surface area contributed by atoms with Crippen molar-refractivity contribution in [3.8, 4) is 0 Å². The zero-order valence-electron chi connectivity index (χ0n) is 21.9. The summed E-state index contributed by atoms with van der Waals surface area (Å²) in [7, 11) is 0. The molecule has 0 bridgehead atoms. The summed E-state index contributed by atoms with van der Waals surface area (Å²) in [5.74, 6) is 0.224. The highest BCUT2D eigenvalue weighted by molar-refractivity contribution is 7.98. The molecule has 0 unspecified atom stereocenters. The number of nitrogens with one attached hydrogen (secondary N) is 3. The van der Waals surface area contributed by atoms with Gasteiger partial charge < -0.3 is 25.8 Å². The van der Waals surface area contributed by atoms with Crippen molar-refractivity contribution in [2.24, 2.45) is 5.92 Å². The molecular weight excluding hydrogens is 466 g/mol. The van der Waals surface area contributed by atoms with Gasteiger partial charge in [-0.3, -0.25) is 9.59 Å². The Kier molecular flexibility index (Phi) is 13.8. The van der Waals surface area contributed by atoms with Crippen LogP contribution in [0, 0.1) is 5.92 Å². The Hall–Kier alpha value is -2.26. The fourth-order valence-electron chi connectivity index (χ4n) is 3.18. The summed E-state index contributed by atoms with van der Waals surface area (Å²) in [5, 5.41) is 19.2. The number of carbonyl (C=O) groups is 3. The van der Waals surface area contributed by atoms with Crippen molar-refractivity contribution >= 4 is 29.7 Å². The normalized spacial score (nSPS) is 14.8. The number of amides is 3. The zero-order valence-corrected chi connectivity index (χ0v) is 22.7. The van der Waals surface area contributed by atoms with Crippen LogP contribution in [0.15, 0.2) is 30.3 Å². The number of aliphatic hydroxyl groups is 1. The van der Waals surface area contributed by atoms with Crippen molar-refractivity contribution in [1.82, 2.24) is 16.0 Å². The third-order valence-electron chi connectivity index (χ3n) is 5.20. The van der Waals surface area contributed by atoms with Crippen LogP contribution >= 0.6 is 11.8 Å². The van der Waals surface area contributed by atoms with Gasteiger partial charge in [0.2, 0.25) is 11.8 Å². The number of rotatable bonds is 14. The van der Waals surface area contributed by atoms with Gasteiger partial charge in [0.1, 0.15) is 11.6 Å². The number of ether oxygens (including phenoxy) is 1. The number of thioether (sulfide) groups is 1. The van der Waals surface area contributed by atoms with E-state index in [1.54, 1.807) is 46.4 Å². The molecule has 9 heteroatoms. The van der Waals surface area contributed by atoms with Crippen LogP contribution in [0.25, 0.3) is 0 Å². The number of unbranched alkanes of at least 4 members (excludes halogenated alkanes) is 1. The van der Waals surface area contributed by atoms with Crippen LogP contribution in [0.3, 0.4) is 0 Å². The van der Waals surface area contributed by atoms with Gasteiger partial charge in [-0.25, -0.2) is 4.79 Å². The molecule has 0 spiro atoms. The summed E-state index contributed by atoms with van der Waals surface area (Å²) < 4.78 is 5.22. The number of aliphatic hydroxyl groups excluding tert-OH is 1. The van der Waals surface area contributed by atoms with Crippen LogP contribution < -0.4 is 16.0 Å². The van der Waals surface area contributed by atoms with Crippen LogP contribution in [0.1, 0.15) is 66.4 Å². The Morgan fingerprint density at radius 1 is 1.06 bits per heavy atom. The molecule has 1 rings (SSSR count). The fraction of sp³-hybridized carbons (Fsp3) is 0.654. The Labute approximate surface area is 214 Å². The van der Waals surface area contributed by atoms with E-state index >= 15 is 0 Å². The summed E-state index contributed by atoms with van der Waals surface area (Å²) in [6.45, 7) is 11.2. The maximum Gasteiger partial charge on any atom is 0.408 e. The minimum absolute atomic E-state index is 0.112. The lowest BCUT2D eigenvalue weighted by Crippen LogP contribution is -2.53. The molecule has 0 aliphatic carbocycles. The Morgan fingerprint density at radius 2 is 1.71 bits per heavy atom. The summed E-state index contributed by atoms with van der Waals surface area (Å²) in [5.41, 5.74) is 0.460. The van der Waals surface area contributed by atoms with Crippen LogP contribution in [0.5, 0.6) is 0 Å². The van der Waals surface area contributed by atoms with E-state index < -0.39 is 41.7 Å². The first-order chi connectivity index (χ1) is 16.4. The van der Waals surface area contributed by atoms with Gasteiger partial charge >= 0.3 is 6.09 Å². The second-order valence-corrected chi connectivity index (χ2v) is 10.9. The monoisotopic (exact) mass is 509 g/mol. The first kappa shape index (κ1) is 30.8. The van der Waals surface area contributed by atoms with E-state index in [0.717, 1.165) is 24.2 Å². The van der Waals surface area contributed by atoms with E-state index in [-0.39, 0.29) is 12.3 Å². The lowest BCUT2D eigenvalue weighted by molar-refractivity contribution is -0.125. The van der Waals surface area contributed by atoms with Gasteiger partial charge in [-0.15, -0.1) is 0 Å². The highest BCUT2D eigenvalue weighted by atomic mass is 32.2. The largest absolute Gasteiger partial charge is 0.444 e. The van der Waals surface area contributed by atoms with Crippen molar-refractivity contribution in [1.29, 1.82) is 0 Å². The minimum atomic E-state index is -0.928. The van der Waals surface area contributed by atoms with Gasteiger partial charge in [0, 0.05) is 24.0 Å². The highest BCUT2D eigenvalue weighted by Crippen LogP contribution is 2.18. The zero-order chi connectivity index (χ0) is 26.4. The highest BCUT2D eigenvalue weighted by Gasteiger charge is 2.28. The molecule has 1 aromatic rings. The standard InChI is InChI=1S/C26H43N3O5S/c1-7-8-14-27-23(31)18(2)15-22(30)21(17-35-16-20-12-10-9-11-13-20)29-24(32)19(3)28-25(33)34-26(4,5)6/h9-13,18-19,21-22,30H,7-8,14-17H2,1-6H3,(H,27,31)(H,28,33)(H,29,32)/t18-,19+,21+,22+/m1/s1. The molecule has 0 radical (unpaired) electrons. The van der Waals surface area contributed by atoms with Crippen LogP contribution in [-0.4, -0.2) is 59.1 Å². The lowest BCUT2D eigenvalue weighted by atomic mass is 9.98. The predicted molar refractivity (Wildman–Crippen MR) is 141 cm³/mol. The molecule has 0 aliphatic rings. The quantitative estimate of drug-likeness (QED) is 0.285. The number of alkyl carbamates (subject to hydrolysis) is 1. The van der Waals surface area contributed by atoms with Gasteiger partial charge in [-0.2, -0.15) is 11.8 Å². The molecular formula is C26H43N3O5S. The average Bonchev–Trinajstić information content (AvgIpc) is 2.77. The summed E-state index contributed by atoms with van der Waals surface area (Å²) in [6.07, 6.45) is 0.483. The van der Waals surface area contributed by atoms with Crippen LogP contribution in [0.2, 0.25) is 0 Å². The van der Waals surface area contributed by atoms with Crippen molar-refractivity contribution in [2.45, 2.75) is 90.3 Å². The van der Waals surface area contributed by atoms with Gasteiger partial charge in [0.15, 0.2) is 0 Å². The molecule has 0 fully saturated rings. The Bertz CT molecular complexity index is 785. The molecule has 3 amide bonds. The SMILES string of the molecule is CCCCNC(=O)[C@H](C)C[C@H](O)[C@H](CSCc1ccccc1)NC(=O)[C@H](C)NC(=O)OC(C)(C)C. The third kappa shape index (κ3) is 13.4. The molecule has 1 aromatic carbocycles. The second kappa shape index (κ2) is 15.7. The van der Waals surface area contributed by atoms with Gasteiger partial charge in [-0.05, 0) is 46.1 Å². The smallest absolute Gasteiger partial charge is 0.408 e. The van der Waals surface area contributed by atoms with E-state index in [2.05, 4.69) is 22.9 Å². The molecule has 35 heavy (non-hydrogen) atoms. The predicted octanol–water partition coefficient (Wildman–Crippen LogP) is 3.62. The van der Waals surface area contributed by atoms with Crippen molar-refractivity contribution in [2.75, 3.05) is 12.3 Å². The van der Waals surface area contributed by atoms with Crippen molar-refractivity contribution < 1.29 is 24.2 Å². The molecule has 0 heterocycles. The van der Waals surface area contributed by atoms with E-state index in [1.807, 2.05) is 30.3 Å². The van der Waals surface area contributed by atoms with Crippen LogP contribution in [0.4, 0.5) is 4.79 Å². The number of hydrogen-bond acceptors (Lipinski definition) is 6.